The van der Waals surface area contributed by atoms with Crippen LogP contribution in [-0.2, 0) is 14.4 Å². The van der Waals surface area contributed by atoms with Crippen LogP contribution in [0.15, 0.2) is 24.3 Å². The molecule has 0 N–H and O–H groups in total. The van der Waals surface area contributed by atoms with Crippen LogP contribution in [0.3, 0.4) is 0 Å². The van der Waals surface area contributed by atoms with E-state index in [1.54, 1.807) is 14.7 Å². The second-order valence-corrected chi connectivity index (χ2v) is 6.63. The highest BCUT2D eigenvalue weighted by Crippen LogP contribution is 2.21. The summed E-state index contributed by atoms with van der Waals surface area (Å²) in [6.45, 7) is 10.2. The lowest BCUT2D eigenvalue weighted by molar-refractivity contribution is -0.135. The average molecular weight is 374 g/mol. The zero-order valence-corrected chi connectivity index (χ0v) is 16.6. The minimum atomic E-state index is -0.0795. The molecule has 0 saturated carbocycles. The molecule has 0 bridgehead atoms. The first kappa shape index (κ1) is 20.7. The Bertz CT molecular complexity index is 635. The molecule has 1 aromatic rings. The summed E-state index contributed by atoms with van der Waals surface area (Å²) in [4.78, 5) is 42.6. The fourth-order valence-corrected chi connectivity index (χ4v) is 3.34. The van der Waals surface area contributed by atoms with Crippen LogP contribution in [0, 0.1) is 0 Å². The molecule has 1 aliphatic heterocycles. The van der Waals surface area contributed by atoms with Crippen LogP contribution in [0.5, 0.6) is 0 Å². The smallest absolute Gasteiger partial charge is 0.224 e. The number of rotatable bonds is 8. The van der Waals surface area contributed by atoms with E-state index < -0.39 is 0 Å². The maximum atomic E-state index is 12.4. The molecular weight excluding hydrogens is 344 g/mol. The molecule has 0 unspecified atom stereocenters. The van der Waals surface area contributed by atoms with Gasteiger partial charge in [0.05, 0.1) is 0 Å². The lowest BCUT2D eigenvalue weighted by Gasteiger charge is -2.33. The van der Waals surface area contributed by atoms with E-state index in [4.69, 9.17) is 0 Å². The third-order valence-corrected chi connectivity index (χ3v) is 5.04. The first-order valence-corrected chi connectivity index (χ1v) is 9.60. The third kappa shape index (κ3) is 5.45. The van der Waals surface area contributed by atoms with Crippen LogP contribution in [0.4, 0.5) is 11.4 Å². The minimum absolute atomic E-state index is 0.0200. The fraction of sp³-hybridized carbons (Fsp3) is 0.550. The molecule has 7 heteroatoms. The molecule has 1 aliphatic rings. The number of anilines is 2. The molecule has 1 aromatic carbocycles. The van der Waals surface area contributed by atoms with E-state index in [0.717, 1.165) is 30.9 Å². The van der Waals surface area contributed by atoms with Gasteiger partial charge in [0.15, 0.2) is 0 Å². The number of benzene rings is 1. The first-order valence-electron chi connectivity index (χ1n) is 9.60. The van der Waals surface area contributed by atoms with E-state index in [9.17, 15) is 14.4 Å². The van der Waals surface area contributed by atoms with Gasteiger partial charge in [0.25, 0.3) is 0 Å². The quantitative estimate of drug-likeness (QED) is 0.648. The minimum Gasteiger partial charge on any atom is -0.372 e. The van der Waals surface area contributed by atoms with Gasteiger partial charge >= 0.3 is 0 Å². The number of hydrogen-bond acceptors (Lipinski definition) is 4. The topological polar surface area (TPSA) is 64.2 Å². The molecule has 27 heavy (non-hydrogen) atoms. The van der Waals surface area contributed by atoms with Gasteiger partial charge in [-0.1, -0.05) is 0 Å². The molecule has 0 aliphatic carbocycles. The van der Waals surface area contributed by atoms with E-state index in [0.29, 0.717) is 32.7 Å². The van der Waals surface area contributed by atoms with Gasteiger partial charge in [-0.15, -0.1) is 0 Å². The number of hydrogen-bond donors (Lipinski definition) is 0. The highest BCUT2D eigenvalue weighted by molar-refractivity contribution is 5.92. The maximum absolute atomic E-state index is 12.4. The Morgan fingerprint density at radius 3 is 2.04 bits per heavy atom. The van der Waals surface area contributed by atoms with E-state index in [2.05, 4.69) is 18.7 Å². The fourth-order valence-electron chi connectivity index (χ4n) is 3.34. The summed E-state index contributed by atoms with van der Waals surface area (Å²) < 4.78 is 0. The first-order chi connectivity index (χ1) is 13.0. The molecule has 2 rings (SSSR count). The number of amides is 3. The molecule has 0 radical (unpaired) electrons. The van der Waals surface area contributed by atoms with Gasteiger partial charge in [-0.25, -0.2) is 0 Å². The summed E-state index contributed by atoms with van der Waals surface area (Å²) in [6.07, 6.45) is 1.10. The summed E-state index contributed by atoms with van der Waals surface area (Å²) in [5.74, 6) is -0.0595. The zero-order valence-electron chi connectivity index (χ0n) is 16.6. The molecule has 0 spiro atoms. The van der Waals surface area contributed by atoms with Gasteiger partial charge in [-0.3, -0.25) is 14.4 Å². The van der Waals surface area contributed by atoms with Crippen molar-refractivity contribution in [3.05, 3.63) is 24.3 Å². The largest absolute Gasteiger partial charge is 0.372 e. The standard InChI is InChI=1S/C20H30N4O3/c1-4-22(5-2)18-6-8-19(9-7-18)24(17(3)26)11-10-20(27)23-14-12-21(16-25)13-15-23/h6-9,16H,4-5,10-15H2,1-3H3. The van der Waals surface area contributed by atoms with Crippen molar-refractivity contribution in [2.45, 2.75) is 27.2 Å². The Balaban J connectivity index is 1.96. The van der Waals surface area contributed by atoms with Crippen LogP contribution in [0.1, 0.15) is 27.2 Å². The van der Waals surface area contributed by atoms with Crippen molar-refractivity contribution < 1.29 is 14.4 Å². The average Bonchev–Trinajstić information content (AvgIpc) is 2.69. The zero-order chi connectivity index (χ0) is 19.8. The van der Waals surface area contributed by atoms with Crippen molar-refractivity contribution in [3.8, 4) is 0 Å². The Morgan fingerprint density at radius 2 is 1.56 bits per heavy atom. The highest BCUT2D eigenvalue weighted by Gasteiger charge is 2.21. The van der Waals surface area contributed by atoms with Crippen molar-refractivity contribution >= 4 is 29.6 Å². The van der Waals surface area contributed by atoms with E-state index in [1.807, 2.05) is 24.3 Å². The van der Waals surface area contributed by atoms with Crippen molar-refractivity contribution in [3.63, 3.8) is 0 Å². The predicted octanol–water partition coefficient (Wildman–Crippen LogP) is 1.58. The molecule has 0 atom stereocenters. The van der Waals surface area contributed by atoms with Gasteiger partial charge in [-0.05, 0) is 38.1 Å². The lowest BCUT2D eigenvalue weighted by Crippen LogP contribution is -2.48. The molecule has 3 amide bonds. The summed E-state index contributed by atoms with van der Waals surface area (Å²) in [5.41, 5.74) is 1.92. The molecule has 0 aromatic heterocycles. The third-order valence-electron chi connectivity index (χ3n) is 5.04. The van der Waals surface area contributed by atoms with Crippen LogP contribution >= 0.6 is 0 Å². The number of nitrogens with zero attached hydrogens (tertiary/aromatic N) is 4. The molecule has 1 heterocycles. The number of carbonyl (C=O) groups excluding carboxylic acids is 3. The van der Waals surface area contributed by atoms with Crippen molar-refractivity contribution in [2.75, 3.05) is 55.6 Å². The van der Waals surface area contributed by atoms with Gasteiger partial charge in [-0.2, -0.15) is 0 Å². The van der Waals surface area contributed by atoms with Crippen LogP contribution in [0.25, 0.3) is 0 Å². The SMILES string of the molecule is CCN(CC)c1ccc(N(CCC(=O)N2CCN(C=O)CC2)C(C)=O)cc1. The van der Waals surface area contributed by atoms with Gasteiger partial charge in [0.2, 0.25) is 18.2 Å². The molecule has 1 saturated heterocycles. The number of carbonyl (C=O) groups is 3. The predicted molar refractivity (Wildman–Crippen MR) is 107 cm³/mol. The summed E-state index contributed by atoms with van der Waals surface area (Å²) >= 11 is 0. The van der Waals surface area contributed by atoms with E-state index in [-0.39, 0.29) is 18.2 Å². The summed E-state index contributed by atoms with van der Waals surface area (Å²) in [5, 5.41) is 0. The normalized spacial score (nSPS) is 14.0. The highest BCUT2D eigenvalue weighted by atomic mass is 16.2. The van der Waals surface area contributed by atoms with Crippen LogP contribution in [0.2, 0.25) is 0 Å². The summed E-state index contributed by atoms with van der Waals surface area (Å²) in [7, 11) is 0. The van der Waals surface area contributed by atoms with Gasteiger partial charge in [0.1, 0.15) is 0 Å². The summed E-state index contributed by atoms with van der Waals surface area (Å²) in [6, 6.07) is 7.89. The number of piperazine rings is 1. The van der Waals surface area contributed by atoms with Crippen LogP contribution in [-0.4, -0.2) is 73.8 Å². The van der Waals surface area contributed by atoms with Crippen molar-refractivity contribution in [2.24, 2.45) is 0 Å². The maximum Gasteiger partial charge on any atom is 0.224 e. The van der Waals surface area contributed by atoms with E-state index in [1.165, 1.54) is 6.92 Å². The second-order valence-electron chi connectivity index (χ2n) is 6.63. The Labute approximate surface area is 161 Å². The van der Waals surface area contributed by atoms with E-state index >= 15 is 0 Å². The molecule has 1 fully saturated rings. The van der Waals surface area contributed by atoms with Crippen LogP contribution < -0.4 is 9.80 Å². The molecule has 148 valence electrons. The second kappa shape index (κ2) is 9.94. The van der Waals surface area contributed by atoms with Gasteiger partial charge < -0.3 is 19.6 Å². The Kier molecular flexibility index (Phi) is 7.64. The Morgan fingerprint density at radius 1 is 1.00 bits per heavy atom. The van der Waals surface area contributed by atoms with Crippen molar-refractivity contribution in [1.82, 2.24) is 9.80 Å². The lowest BCUT2D eigenvalue weighted by atomic mass is 10.2. The Hall–Kier alpha value is -2.57. The molecular formula is C20H30N4O3. The van der Waals surface area contributed by atoms with Crippen molar-refractivity contribution in [1.29, 1.82) is 0 Å². The monoisotopic (exact) mass is 374 g/mol. The molecule has 7 nitrogen and oxygen atoms in total. The van der Waals surface area contributed by atoms with Gasteiger partial charge in [0, 0.05) is 70.5 Å².